The number of hydrogen-bond acceptors (Lipinski definition) is 3. The Morgan fingerprint density at radius 2 is 2.12 bits per heavy atom. The zero-order valence-electron chi connectivity index (χ0n) is 8.15. The van der Waals surface area contributed by atoms with E-state index in [1.807, 2.05) is 0 Å². The van der Waals surface area contributed by atoms with Crippen LogP contribution in [0, 0.1) is 0 Å². The number of nitrogen functional groups attached to an aromatic ring is 1. The molecule has 2 N–H and O–H groups in total. The summed E-state index contributed by atoms with van der Waals surface area (Å²) < 4.78 is 6.36. The van der Waals surface area contributed by atoms with Crippen molar-refractivity contribution in [3.8, 4) is 11.6 Å². The second-order valence-corrected chi connectivity index (χ2v) is 4.44. The summed E-state index contributed by atoms with van der Waals surface area (Å²) in [5.74, 6) is 0.953. The predicted octanol–water partition coefficient (Wildman–Crippen LogP) is 3.87. The standard InChI is InChI=1S/C11H8BrClN2O/c12-7-4-8(14)6-9(5-7)16-11-10(13)2-1-3-15-11/h1-6H,14H2. The van der Waals surface area contributed by atoms with Crippen LogP contribution in [0.1, 0.15) is 0 Å². The quantitative estimate of drug-likeness (QED) is 0.856. The SMILES string of the molecule is Nc1cc(Br)cc(Oc2ncccc2Cl)c1. The largest absolute Gasteiger partial charge is 0.437 e. The van der Waals surface area contributed by atoms with Gasteiger partial charge in [-0.05, 0) is 24.3 Å². The Kier molecular flexibility index (Phi) is 3.31. The lowest BCUT2D eigenvalue weighted by molar-refractivity contribution is 0.463. The van der Waals surface area contributed by atoms with E-state index in [9.17, 15) is 0 Å². The third-order valence-electron chi connectivity index (χ3n) is 1.83. The van der Waals surface area contributed by atoms with Crippen molar-refractivity contribution in [3.63, 3.8) is 0 Å². The highest BCUT2D eigenvalue weighted by atomic mass is 79.9. The van der Waals surface area contributed by atoms with E-state index < -0.39 is 0 Å². The van der Waals surface area contributed by atoms with Crippen LogP contribution in [0.3, 0.4) is 0 Å². The Morgan fingerprint density at radius 3 is 2.81 bits per heavy atom. The molecule has 0 unspecified atom stereocenters. The van der Waals surface area contributed by atoms with E-state index in [0.717, 1.165) is 4.47 Å². The zero-order valence-corrected chi connectivity index (χ0v) is 10.5. The summed E-state index contributed by atoms with van der Waals surface area (Å²) in [6.45, 7) is 0. The van der Waals surface area contributed by atoms with Gasteiger partial charge in [0.05, 0.1) is 0 Å². The molecule has 0 aliphatic heterocycles. The molecule has 1 heterocycles. The van der Waals surface area contributed by atoms with Crippen molar-refractivity contribution in [2.75, 3.05) is 5.73 Å². The van der Waals surface area contributed by atoms with Gasteiger partial charge in [0.1, 0.15) is 10.8 Å². The van der Waals surface area contributed by atoms with Gasteiger partial charge in [-0.15, -0.1) is 0 Å². The average Bonchev–Trinajstić information content (AvgIpc) is 2.20. The lowest BCUT2D eigenvalue weighted by atomic mass is 10.3. The van der Waals surface area contributed by atoms with Crippen LogP contribution in [0.4, 0.5) is 5.69 Å². The molecule has 5 heteroatoms. The maximum atomic E-state index is 5.92. The van der Waals surface area contributed by atoms with Gasteiger partial charge in [-0.2, -0.15) is 0 Å². The Morgan fingerprint density at radius 1 is 1.31 bits per heavy atom. The minimum Gasteiger partial charge on any atom is -0.437 e. The molecule has 1 aromatic carbocycles. The summed E-state index contributed by atoms with van der Waals surface area (Å²) in [5.41, 5.74) is 6.30. The van der Waals surface area contributed by atoms with Gasteiger partial charge in [0.25, 0.3) is 0 Å². The summed E-state index contributed by atoms with van der Waals surface area (Å²) >= 11 is 9.25. The molecule has 0 bridgehead atoms. The summed E-state index contributed by atoms with van der Waals surface area (Å²) in [6, 6.07) is 8.74. The Hall–Kier alpha value is -1.26. The third-order valence-corrected chi connectivity index (χ3v) is 2.58. The highest BCUT2D eigenvalue weighted by Crippen LogP contribution is 2.29. The highest BCUT2D eigenvalue weighted by Gasteiger charge is 2.04. The molecule has 0 saturated heterocycles. The Labute approximate surface area is 106 Å². The van der Waals surface area contributed by atoms with Crippen molar-refractivity contribution in [3.05, 3.63) is 46.0 Å². The normalized spacial score (nSPS) is 10.1. The minimum absolute atomic E-state index is 0.363. The monoisotopic (exact) mass is 298 g/mol. The topological polar surface area (TPSA) is 48.1 Å². The number of halogens is 2. The zero-order chi connectivity index (χ0) is 11.5. The van der Waals surface area contributed by atoms with Crippen LogP contribution in [0.25, 0.3) is 0 Å². The first-order valence-electron chi connectivity index (χ1n) is 4.49. The summed E-state index contributed by atoms with van der Waals surface area (Å²) in [4.78, 5) is 4.02. The van der Waals surface area contributed by atoms with Crippen molar-refractivity contribution in [1.82, 2.24) is 4.98 Å². The fourth-order valence-electron chi connectivity index (χ4n) is 1.20. The number of aromatic nitrogens is 1. The van der Waals surface area contributed by atoms with Crippen molar-refractivity contribution in [1.29, 1.82) is 0 Å². The minimum atomic E-state index is 0.363. The molecular formula is C11H8BrClN2O. The number of benzene rings is 1. The van der Waals surface area contributed by atoms with Crippen LogP contribution in [-0.4, -0.2) is 4.98 Å². The number of rotatable bonds is 2. The fraction of sp³-hybridized carbons (Fsp3) is 0. The van der Waals surface area contributed by atoms with Crippen LogP contribution in [0.2, 0.25) is 5.02 Å². The number of nitrogens with two attached hydrogens (primary N) is 1. The summed E-state index contributed by atoms with van der Waals surface area (Å²) in [5, 5.41) is 0.459. The van der Waals surface area contributed by atoms with Gasteiger partial charge in [-0.1, -0.05) is 27.5 Å². The maximum absolute atomic E-state index is 5.92. The molecule has 0 saturated carbocycles. The fourth-order valence-corrected chi connectivity index (χ4v) is 1.85. The molecule has 2 rings (SSSR count). The first-order valence-corrected chi connectivity index (χ1v) is 5.67. The molecule has 2 aromatic rings. The number of pyridine rings is 1. The van der Waals surface area contributed by atoms with E-state index in [1.54, 1.807) is 36.5 Å². The van der Waals surface area contributed by atoms with Crippen LogP contribution in [0.5, 0.6) is 11.6 Å². The second-order valence-electron chi connectivity index (χ2n) is 3.11. The molecule has 0 aliphatic rings. The highest BCUT2D eigenvalue weighted by molar-refractivity contribution is 9.10. The first kappa shape index (κ1) is 11.2. The van der Waals surface area contributed by atoms with E-state index in [4.69, 9.17) is 22.1 Å². The van der Waals surface area contributed by atoms with Crippen LogP contribution >= 0.6 is 27.5 Å². The average molecular weight is 300 g/mol. The molecule has 0 amide bonds. The number of nitrogens with zero attached hydrogens (tertiary/aromatic N) is 1. The second kappa shape index (κ2) is 4.72. The molecule has 0 atom stereocenters. The first-order chi connectivity index (χ1) is 7.65. The molecule has 16 heavy (non-hydrogen) atoms. The molecular weight excluding hydrogens is 291 g/mol. The van der Waals surface area contributed by atoms with Crippen molar-refractivity contribution < 1.29 is 4.74 Å². The van der Waals surface area contributed by atoms with Gasteiger partial charge in [0.2, 0.25) is 5.88 Å². The van der Waals surface area contributed by atoms with E-state index in [-0.39, 0.29) is 0 Å². The van der Waals surface area contributed by atoms with Crippen molar-refractivity contribution in [2.45, 2.75) is 0 Å². The van der Waals surface area contributed by atoms with Crippen molar-refractivity contribution in [2.24, 2.45) is 0 Å². The van der Waals surface area contributed by atoms with Gasteiger partial charge < -0.3 is 10.5 Å². The van der Waals surface area contributed by atoms with Gasteiger partial charge in [-0.25, -0.2) is 4.98 Å². The van der Waals surface area contributed by atoms with Crippen molar-refractivity contribution >= 4 is 33.2 Å². The molecule has 0 aliphatic carbocycles. The number of anilines is 1. The molecule has 3 nitrogen and oxygen atoms in total. The smallest absolute Gasteiger partial charge is 0.238 e. The Balaban J connectivity index is 2.30. The van der Waals surface area contributed by atoms with Gasteiger partial charge in [0.15, 0.2) is 0 Å². The third kappa shape index (κ3) is 2.65. The maximum Gasteiger partial charge on any atom is 0.238 e. The Bertz CT molecular complexity index is 499. The van der Waals surface area contributed by atoms with E-state index in [2.05, 4.69) is 20.9 Å². The predicted molar refractivity (Wildman–Crippen MR) is 67.9 cm³/mol. The summed E-state index contributed by atoms with van der Waals surface area (Å²) in [6.07, 6.45) is 1.61. The number of ether oxygens (including phenoxy) is 1. The van der Waals surface area contributed by atoms with E-state index in [1.165, 1.54) is 0 Å². The molecule has 82 valence electrons. The lowest BCUT2D eigenvalue weighted by Crippen LogP contribution is -1.91. The molecule has 0 spiro atoms. The molecule has 1 aromatic heterocycles. The van der Waals surface area contributed by atoms with Crippen LogP contribution in [0.15, 0.2) is 41.0 Å². The van der Waals surface area contributed by atoms with E-state index >= 15 is 0 Å². The van der Waals surface area contributed by atoms with Gasteiger partial charge in [0, 0.05) is 22.4 Å². The van der Waals surface area contributed by atoms with Gasteiger partial charge >= 0.3 is 0 Å². The lowest BCUT2D eigenvalue weighted by Gasteiger charge is -2.07. The molecule has 0 fully saturated rings. The van der Waals surface area contributed by atoms with Crippen LogP contribution in [-0.2, 0) is 0 Å². The van der Waals surface area contributed by atoms with E-state index in [0.29, 0.717) is 22.3 Å². The summed E-state index contributed by atoms with van der Waals surface area (Å²) in [7, 11) is 0. The van der Waals surface area contributed by atoms with Crippen LogP contribution < -0.4 is 10.5 Å². The number of hydrogen-bond donors (Lipinski definition) is 1. The molecule has 0 radical (unpaired) electrons. The van der Waals surface area contributed by atoms with Gasteiger partial charge in [-0.3, -0.25) is 0 Å².